The van der Waals surface area contributed by atoms with Crippen molar-refractivity contribution < 1.29 is 14.6 Å². The zero-order valence-electron chi connectivity index (χ0n) is 9.16. The highest BCUT2D eigenvalue weighted by Gasteiger charge is 2.25. The third-order valence-electron chi connectivity index (χ3n) is 2.43. The monoisotopic (exact) mass is 287 g/mol. The molecule has 0 saturated carbocycles. The number of carboxylic acids is 1. The molecule has 0 saturated heterocycles. The second-order valence-electron chi connectivity index (χ2n) is 3.44. The van der Waals surface area contributed by atoms with Crippen LogP contribution in [-0.4, -0.2) is 24.7 Å². The van der Waals surface area contributed by atoms with E-state index in [1.54, 1.807) is 6.07 Å². The Morgan fingerprint density at radius 3 is 2.69 bits per heavy atom. The van der Waals surface area contributed by atoms with Crippen LogP contribution in [0.1, 0.15) is 17.0 Å². The highest BCUT2D eigenvalue weighted by Crippen LogP contribution is 2.35. The van der Waals surface area contributed by atoms with Crippen LogP contribution >= 0.6 is 15.9 Å². The van der Waals surface area contributed by atoms with Crippen LogP contribution in [0, 0.1) is 6.92 Å². The van der Waals surface area contributed by atoms with Gasteiger partial charge in [0.05, 0.1) is 13.0 Å². The summed E-state index contributed by atoms with van der Waals surface area (Å²) in [7, 11) is 1.52. The van der Waals surface area contributed by atoms with Gasteiger partial charge >= 0.3 is 5.97 Å². The van der Waals surface area contributed by atoms with Gasteiger partial charge in [0.25, 0.3) is 0 Å². The minimum atomic E-state index is -0.952. The number of carbonyl (C=O) groups is 1. The molecule has 0 bridgehead atoms. The maximum absolute atomic E-state index is 11.1. The number of aliphatic carboxylic acids is 1. The average molecular weight is 288 g/mol. The molecule has 0 aliphatic carbocycles. The lowest BCUT2D eigenvalue weighted by molar-refractivity contribution is -0.138. The molecule has 16 heavy (non-hydrogen) atoms. The summed E-state index contributed by atoms with van der Waals surface area (Å²) in [6, 6.07) is 3.67. The molecule has 88 valence electrons. The first-order chi connectivity index (χ1) is 7.52. The van der Waals surface area contributed by atoms with E-state index in [9.17, 15) is 4.79 Å². The topological polar surface area (TPSA) is 72.5 Å². The predicted octanol–water partition coefficient (Wildman–Crippen LogP) is 1.89. The maximum atomic E-state index is 11.1. The largest absolute Gasteiger partial charge is 0.496 e. The Hall–Kier alpha value is -1.07. The Kier molecular flexibility index (Phi) is 4.32. The molecule has 5 heteroatoms. The number of hydrogen-bond acceptors (Lipinski definition) is 3. The van der Waals surface area contributed by atoms with E-state index >= 15 is 0 Å². The van der Waals surface area contributed by atoms with E-state index in [-0.39, 0.29) is 6.54 Å². The van der Waals surface area contributed by atoms with Crippen molar-refractivity contribution in [1.82, 2.24) is 0 Å². The number of nitrogens with two attached hydrogens (primary N) is 1. The normalized spacial score (nSPS) is 12.2. The summed E-state index contributed by atoms with van der Waals surface area (Å²) in [5.41, 5.74) is 6.98. The Balaban J connectivity index is 3.39. The second-order valence-corrected chi connectivity index (χ2v) is 4.29. The molecular formula is C11H14BrNO3. The van der Waals surface area contributed by atoms with Crippen LogP contribution in [0.25, 0.3) is 0 Å². The molecule has 1 unspecified atom stereocenters. The van der Waals surface area contributed by atoms with Gasteiger partial charge in [-0.25, -0.2) is 0 Å². The first-order valence-corrected chi connectivity index (χ1v) is 5.58. The van der Waals surface area contributed by atoms with Gasteiger partial charge in [0, 0.05) is 16.6 Å². The van der Waals surface area contributed by atoms with Gasteiger partial charge in [-0.2, -0.15) is 0 Å². The van der Waals surface area contributed by atoms with Crippen LogP contribution in [0.15, 0.2) is 16.6 Å². The van der Waals surface area contributed by atoms with Crippen molar-refractivity contribution in [3.63, 3.8) is 0 Å². The quantitative estimate of drug-likeness (QED) is 0.887. The molecule has 1 aromatic carbocycles. The van der Waals surface area contributed by atoms with Crippen LogP contribution in [0.5, 0.6) is 5.75 Å². The van der Waals surface area contributed by atoms with Crippen LogP contribution in [-0.2, 0) is 4.79 Å². The minimum absolute atomic E-state index is 0.0355. The van der Waals surface area contributed by atoms with Gasteiger partial charge in [0.1, 0.15) is 5.75 Å². The molecule has 0 radical (unpaired) electrons. The molecule has 0 aliphatic rings. The zero-order chi connectivity index (χ0) is 12.3. The SMILES string of the molecule is COc1c(C)ccc(Br)c1C(CN)C(=O)O. The summed E-state index contributed by atoms with van der Waals surface area (Å²) in [5, 5.41) is 9.11. The lowest BCUT2D eigenvalue weighted by Gasteiger charge is -2.18. The first-order valence-electron chi connectivity index (χ1n) is 4.78. The summed E-state index contributed by atoms with van der Waals surface area (Å²) >= 11 is 3.33. The Bertz CT molecular complexity index is 406. The van der Waals surface area contributed by atoms with Crippen molar-refractivity contribution in [3.05, 3.63) is 27.7 Å². The third-order valence-corrected chi connectivity index (χ3v) is 3.12. The molecular weight excluding hydrogens is 274 g/mol. The molecule has 0 aliphatic heterocycles. The van der Waals surface area contributed by atoms with Crippen molar-refractivity contribution in [2.24, 2.45) is 5.73 Å². The van der Waals surface area contributed by atoms with Crippen molar-refractivity contribution in [3.8, 4) is 5.75 Å². The minimum Gasteiger partial charge on any atom is -0.496 e. The summed E-state index contributed by atoms with van der Waals surface area (Å²) in [6.07, 6.45) is 0. The summed E-state index contributed by atoms with van der Waals surface area (Å²) in [4.78, 5) is 11.1. The van der Waals surface area contributed by atoms with E-state index in [0.717, 1.165) is 5.56 Å². The number of hydrogen-bond donors (Lipinski definition) is 2. The number of halogens is 1. The fourth-order valence-electron chi connectivity index (χ4n) is 1.62. The maximum Gasteiger partial charge on any atom is 0.312 e. The highest BCUT2D eigenvalue weighted by atomic mass is 79.9. The van der Waals surface area contributed by atoms with Gasteiger partial charge in [-0.15, -0.1) is 0 Å². The van der Waals surface area contributed by atoms with Crippen molar-refractivity contribution >= 4 is 21.9 Å². The molecule has 3 N–H and O–H groups in total. The Morgan fingerprint density at radius 2 is 2.25 bits per heavy atom. The van der Waals surface area contributed by atoms with E-state index < -0.39 is 11.9 Å². The average Bonchev–Trinajstić information content (AvgIpc) is 2.24. The number of methoxy groups -OCH3 is 1. The van der Waals surface area contributed by atoms with Crippen LogP contribution in [0.2, 0.25) is 0 Å². The summed E-state index contributed by atoms with van der Waals surface area (Å²) < 4.78 is 5.94. The van der Waals surface area contributed by atoms with Gasteiger partial charge < -0.3 is 15.6 Å². The van der Waals surface area contributed by atoms with Crippen molar-refractivity contribution in [1.29, 1.82) is 0 Å². The molecule has 1 rings (SSSR count). The van der Waals surface area contributed by atoms with Crippen LogP contribution in [0.3, 0.4) is 0 Å². The Labute approximate surface area is 103 Å². The summed E-state index contributed by atoms with van der Waals surface area (Å²) in [6.45, 7) is 1.90. The molecule has 0 amide bonds. The molecule has 4 nitrogen and oxygen atoms in total. The number of benzene rings is 1. The number of ether oxygens (including phenoxy) is 1. The molecule has 1 atom stereocenters. The second kappa shape index (κ2) is 5.32. The molecule has 0 fully saturated rings. The van der Waals surface area contributed by atoms with Gasteiger partial charge in [-0.3, -0.25) is 4.79 Å². The van der Waals surface area contributed by atoms with Gasteiger partial charge in [-0.05, 0) is 18.6 Å². The zero-order valence-corrected chi connectivity index (χ0v) is 10.7. The van der Waals surface area contributed by atoms with E-state index in [4.69, 9.17) is 15.6 Å². The number of rotatable bonds is 4. The van der Waals surface area contributed by atoms with E-state index in [1.807, 2.05) is 13.0 Å². The van der Waals surface area contributed by atoms with Crippen LogP contribution in [0.4, 0.5) is 0 Å². The Morgan fingerprint density at radius 1 is 1.62 bits per heavy atom. The third kappa shape index (κ3) is 2.36. The lowest BCUT2D eigenvalue weighted by atomic mass is 9.96. The van der Waals surface area contributed by atoms with E-state index in [1.165, 1.54) is 7.11 Å². The fraction of sp³-hybridized carbons (Fsp3) is 0.364. The molecule has 0 spiro atoms. The van der Waals surface area contributed by atoms with E-state index in [0.29, 0.717) is 15.8 Å². The standard InChI is InChI=1S/C11H14BrNO3/c1-6-3-4-8(12)9(10(6)16-2)7(5-13)11(14)15/h3-4,7H,5,13H2,1-2H3,(H,14,15). The van der Waals surface area contributed by atoms with Crippen molar-refractivity contribution in [2.75, 3.05) is 13.7 Å². The van der Waals surface area contributed by atoms with Gasteiger partial charge in [-0.1, -0.05) is 22.0 Å². The number of aryl methyl sites for hydroxylation is 1. The predicted molar refractivity (Wildman–Crippen MR) is 64.9 cm³/mol. The molecule has 0 aromatic heterocycles. The van der Waals surface area contributed by atoms with E-state index in [2.05, 4.69) is 15.9 Å². The number of carboxylic acid groups (broad SMARTS) is 1. The lowest BCUT2D eigenvalue weighted by Crippen LogP contribution is -2.22. The van der Waals surface area contributed by atoms with Gasteiger partial charge in [0.2, 0.25) is 0 Å². The highest BCUT2D eigenvalue weighted by molar-refractivity contribution is 9.10. The first kappa shape index (κ1) is 13.0. The fourth-order valence-corrected chi connectivity index (χ4v) is 2.21. The van der Waals surface area contributed by atoms with Crippen LogP contribution < -0.4 is 10.5 Å². The summed E-state index contributed by atoms with van der Waals surface area (Å²) in [5.74, 6) is -1.14. The van der Waals surface area contributed by atoms with Crippen molar-refractivity contribution in [2.45, 2.75) is 12.8 Å². The molecule has 0 heterocycles. The van der Waals surface area contributed by atoms with Gasteiger partial charge in [0.15, 0.2) is 0 Å². The smallest absolute Gasteiger partial charge is 0.312 e. The molecule has 1 aromatic rings.